The molecule has 1 aliphatic rings. The lowest BCUT2D eigenvalue weighted by Gasteiger charge is -1.93. The van der Waals surface area contributed by atoms with E-state index >= 15 is 0 Å². The number of nitrogens with one attached hydrogen (secondary N) is 1. The first-order chi connectivity index (χ1) is 6.40. The molecule has 13 heavy (non-hydrogen) atoms. The fourth-order valence-corrected chi connectivity index (χ4v) is 3.13. The van der Waals surface area contributed by atoms with E-state index in [1.165, 1.54) is 37.0 Å². The molecule has 0 aromatic carbocycles. The Morgan fingerprint density at radius 3 is 3.00 bits per heavy atom. The first-order valence-corrected chi connectivity index (χ1v) is 5.75. The fraction of sp³-hybridized carbons (Fsp3) is 0.600. The summed E-state index contributed by atoms with van der Waals surface area (Å²) in [6.45, 7) is 0.817. The van der Waals surface area contributed by atoms with Crippen molar-refractivity contribution < 1.29 is 0 Å². The molecule has 1 aromatic heterocycles. The molecular weight excluding hydrogens is 180 g/mol. The molecule has 3 N–H and O–H groups in total. The largest absolute Gasteiger partial charge is 0.271 e. The third-order valence-electron chi connectivity index (χ3n) is 2.57. The molecule has 0 spiro atoms. The molecule has 72 valence electrons. The van der Waals surface area contributed by atoms with E-state index in [0.717, 1.165) is 6.54 Å². The Labute approximate surface area is 83.1 Å². The zero-order valence-corrected chi connectivity index (χ0v) is 8.62. The Balaban J connectivity index is 2.17. The predicted molar refractivity (Wildman–Crippen MR) is 56.6 cm³/mol. The Kier molecular flexibility index (Phi) is 2.98. The molecule has 1 heterocycles. The van der Waals surface area contributed by atoms with Crippen molar-refractivity contribution in [3.63, 3.8) is 0 Å². The van der Waals surface area contributed by atoms with Crippen molar-refractivity contribution in [2.24, 2.45) is 5.84 Å². The molecule has 3 heteroatoms. The van der Waals surface area contributed by atoms with Gasteiger partial charge in [-0.25, -0.2) is 0 Å². The van der Waals surface area contributed by atoms with E-state index in [2.05, 4.69) is 11.5 Å². The van der Waals surface area contributed by atoms with Crippen molar-refractivity contribution in [2.75, 3.05) is 0 Å². The van der Waals surface area contributed by atoms with E-state index in [1.54, 1.807) is 10.4 Å². The van der Waals surface area contributed by atoms with Gasteiger partial charge in [-0.2, -0.15) is 0 Å². The SMILES string of the molecule is NNCc1cc2c(s1)CCCCC2. The van der Waals surface area contributed by atoms with Crippen LogP contribution in [0.15, 0.2) is 6.07 Å². The number of hydrogen-bond donors (Lipinski definition) is 2. The van der Waals surface area contributed by atoms with Gasteiger partial charge in [0.05, 0.1) is 0 Å². The molecule has 2 rings (SSSR count). The number of hydrogen-bond acceptors (Lipinski definition) is 3. The molecule has 0 unspecified atom stereocenters. The van der Waals surface area contributed by atoms with Crippen molar-refractivity contribution in [3.05, 3.63) is 21.4 Å². The number of aryl methyl sites for hydroxylation is 2. The zero-order valence-electron chi connectivity index (χ0n) is 7.81. The topological polar surface area (TPSA) is 38.0 Å². The summed E-state index contributed by atoms with van der Waals surface area (Å²) >= 11 is 1.93. The van der Waals surface area contributed by atoms with Crippen LogP contribution in [0.5, 0.6) is 0 Å². The molecule has 0 atom stereocenters. The Morgan fingerprint density at radius 1 is 1.31 bits per heavy atom. The molecular formula is C10H16N2S. The number of fused-ring (bicyclic) bond motifs is 1. The van der Waals surface area contributed by atoms with Gasteiger partial charge < -0.3 is 0 Å². The van der Waals surface area contributed by atoms with Crippen LogP contribution in [0.2, 0.25) is 0 Å². The molecule has 1 aliphatic carbocycles. The summed E-state index contributed by atoms with van der Waals surface area (Å²) in [6.07, 6.45) is 6.68. The van der Waals surface area contributed by atoms with Crippen LogP contribution in [0.25, 0.3) is 0 Å². The van der Waals surface area contributed by atoms with Crippen LogP contribution in [0.1, 0.15) is 34.6 Å². The maximum absolute atomic E-state index is 5.31. The Hall–Kier alpha value is -0.380. The zero-order chi connectivity index (χ0) is 9.10. The summed E-state index contributed by atoms with van der Waals surface area (Å²) in [7, 11) is 0. The maximum atomic E-state index is 5.31. The summed E-state index contributed by atoms with van der Waals surface area (Å²) in [5.41, 5.74) is 4.30. The second-order valence-electron chi connectivity index (χ2n) is 3.60. The van der Waals surface area contributed by atoms with Crippen LogP contribution in [-0.4, -0.2) is 0 Å². The Morgan fingerprint density at radius 2 is 2.15 bits per heavy atom. The molecule has 0 fully saturated rings. The summed E-state index contributed by atoms with van der Waals surface area (Å²) < 4.78 is 0. The third kappa shape index (κ3) is 2.10. The second kappa shape index (κ2) is 4.22. The lowest BCUT2D eigenvalue weighted by Crippen LogP contribution is -2.19. The van der Waals surface area contributed by atoms with Gasteiger partial charge in [-0.05, 0) is 37.3 Å². The van der Waals surface area contributed by atoms with E-state index in [4.69, 9.17) is 5.84 Å². The van der Waals surface area contributed by atoms with E-state index in [1.807, 2.05) is 11.3 Å². The molecule has 0 saturated carbocycles. The van der Waals surface area contributed by atoms with E-state index < -0.39 is 0 Å². The van der Waals surface area contributed by atoms with Crippen molar-refractivity contribution in [3.8, 4) is 0 Å². The average molecular weight is 196 g/mol. The van der Waals surface area contributed by atoms with Crippen LogP contribution in [0.4, 0.5) is 0 Å². The van der Waals surface area contributed by atoms with Crippen molar-refractivity contribution in [1.82, 2.24) is 5.43 Å². The second-order valence-corrected chi connectivity index (χ2v) is 4.82. The molecule has 0 aliphatic heterocycles. The van der Waals surface area contributed by atoms with Crippen LogP contribution < -0.4 is 11.3 Å². The predicted octanol–water partition coefficient (Wildman–Crippen LogP) is 1.98. The van der Waals surface area contributed by atoms with Gasteiger partial charge >= 0.3 is 0 Å². The standard InChI is InChI=1S/C10H16N2S/c11-12-7-9-6-8-4-2-1-3-5-10(8)13-9/h6,12H,1-5,7,11H2. The van der Waals surface area contributed by atoms with Crippen molar-refractivity contribution >= 4 is 11.3 Å². The summed E-state index contributed by atoms with van der Waals surface area (Å²) in [5.74, 6) is 5.31. The average Bonchev–Trinajstić information content (AvgIpc) is 2.37. The van der Waals surface area contributed by atoms with Gasteiger partial charge in [0.25, 0.3) is 0 Å². The van der Waals surface area contributed by atoms with Gasteiger partial charge in [0, 0.05) is 16.3 Å². The van der Waals surface area contributed by atoms with Gasteiger partial charge in [-0.3, -0.25) is 11.3 Å². The molecule has 0 radical (unpaired) electrons. The first-order valence-electron chi connectivity index (χ1n) is 4.94. The number of rotatable bonds is 2. The molecule has 0 saturated heterocycles. The smallest absolute Gasteiger partial charge is 0.0442 e. The minimum absolute atomic E-state index is 0.817. The number of hydrazine groups is 1. The van der Waals surface area contributed by atoms with Crippen LogP contribution in [0.3, 0.4) is 0 Å². The number of nitrogens with two attached hydrogens (primary N) is 1. The van der Waals surface area contributed by atoms with Gasteiger partial charge in [0.15, 0.2) is 0 Å². The highest BCUT2D eigenvalue weighted by molar-refractivity contribution is 7.12. The van der Waals surface area contributed by atoms with E-state index in [9.17, 15) is 0 Å². The minimum Gasteiger partial charge on any atom is -0.271 e. The maximum Gasteiger partial charge on any atom is 0.0442 e. The molecule has 0 amide bonds. The highest BCUT2D eigenvalue weighted by Gasteiger charge is 2.11. The molecule has 0 bridgehead atoms. The summed E-state index contributed by atoms with van der Waals surface area (Å²) in [6, 6.07) is 2.32. The van der Waals surface area contributed by atoms with E-state index in [0.29, 0.717) is 0 Å². The van der Waals surface area contributed by atoms with Crippen molar-refractivity contribution in [2.45, 2.75) is 38.6 Å². The van der Waals surface area contributed by atoms with E-state index in [-0.39, 0.29) is 0 Å². The highest BCUT2D eigenvalue weighted by Crippen LogP contribution is 2.28. The van der Waals surface area contributed by atoms with Gasteiger partial charge in [0.2, 0.25) is 0 Å². The van der Waals surface area contributed by atoms with Crippen LogP contribution in [-0.2, 0) is 19.4 Å². The summed E-state index contributed by atoms with van der Waals surface area (Å²) in [4.78, 5) is 2.98. The van der Waals surface area contributed by atoms with Gasteiger partial charge in [-0.1, -0.05) is 6.42 Å². The lowest BCUT2D eigenvalue weighted by atomic mass is 10.1. The fourth-order valence-electron chi connectivity index (χ4n) is 1.92. The van der Waals surface area contributed by atoms with Crippen molar-refractivity contribution in [1.29, 1.82) is 0 Å². The quantitative estimate of drug-likeness (QED) is 0.431. The molecule has 2 nitrogen and oxygen atoms in total. The van der Waals surface area contributed by atoms with Crippen LogP contribution in [0, 0.1) is 0 Å². The Bertz CT molecular complexity index is 257. The monoisotopic (exact) mass is 196 g/mol. The highest BCUT2D eigenvalue weighted by atomic mass is 32.1. The number of thiophene rings is 1. The van der Waals surface area contributed by atoms with Gasteiger partial charge in [0.1, 0.15) is 0 Å². The minimum atomic E-state index is 0.817. The molecule has 1 aromatic rings. The normalized spacial score (nSPS) is 16.7. The lowest BCUT2D eigenvalue weighted by molar-refractivity contribution is 0.711. The first kappa shape index (κ1) is 9.19. The third-order valence-corrected chi connectivity index (χ3v) is 3.81. The van der Waals surface area contributed by atoms with Crippen LogP contribution >= 0.6 is 11.3 Å². The van der Waals surface area contributed by atoms with Gasteiger partial charge in [-0.15, -0.1) is 11.3 Å². The summed E-state index contributed by atoms with van der Waals surface area (Å²) in [5, 5.41) is 0.